The van der Waals surface area contributed by atoms with Crippen molar-refractivity contribution in [1.82, 2.24) is 5.48 Å². The molecule has 1 amide bonds. The predicted molar refractivity (Wildman–Crippen MR) is 164 cm³/mol. The van der Waals surface area contributed by atoms with Gasteiger partial charge in [0.1, 0.15) is 23.4 Å². The standard InChI is InChI=1S/C34H36FNO7S/c1-41-31-21-20-29(22-32(31)42-2)44(39,40)33(30(34(37)36-38)11-7-6-10-24-8-4-3-5-9-24)26-14-18-28(19-15-26)43-23-25-12-16-27(35)17-13-25/h3-5,8-9,12-22,30,33,38H,6-7,10-11,23H2,1-2H3,(H,36,37). The van der Waals surface area contributed by atoms with E-state index in [4.69, 9.17) is 14.2 Å². The zero-order valence-electron chi connectivity index (χ0n) is 24.6. The second-order valence-corrected chi connectivity index (χ2v) is 12.3. The number of aryl methyl sites for hydroxylation is 1. The third-order valence-corrected chi connectivity index (χ3v) is 9.61. The van der Waals surface area contributed by atoms with Crippen molar-refractivity contribution in [1.29, 1.82) is 0 Å². The summed E-state index contributed by atoms with van der Waals surface area (Å²) in [7, 11) is -1.35. The summed E-state index contributed by atoms with van der Waals surface area (Å²) in [5.41, 5.74) is 3.95. The van der Waals surface area contributed by atoms with Gasteiger partial charge in [0, 0.05) is 6.07 Å². The normalized spacial score (nSPS) is 12.6. The number of methoxy groups -OCH3 is 2. The first-order valence-corrected chi connectivity index (χ1v) is 15.7. The van der Waals surface area contributed by atoms with Crippen LogP contribution >= 0.6 is 0 Å². The highest BCUT2D eigenvalue weighted by Gasteiger charge is 2.40. The predicted octanol–water partition coefficient (Wildman–Crippen LogP) is 6.47. The Morgan fingerprint density at radius 2 is 1.52 bits per heavy atom. The van der Waals surface area contributed by atoms with E-state index in [9.17, 15) is 22.8 Å². The maximum Gasteiger partial charge on any atom is 0.248 e. The molecule has 0 aliphatic heterocycles. The number of benzene rings is 4. The number of hydrogen-bond donors (Lipinski definition) is 2. The Morgan fingerprint density at radius 1 is 0.841 bits per heavy atom. The van der Waals surface area contributed by atoms with Gasteiger partial charge in [0.05, 0.1) is 25.0 Å². The fraction of sp³-hybridized carbons (Fsp3) is 0.265. The Balaban J connectivity index is 1.65. The van der Waals surface area contributed by atoms with Crippen LogP contribution in [0, 0.1) is 11.7 Å². The van der Waals surface area contributed by atoms with Gasteiger partial charge in [-0.2, -0.15) is 0 Å². The fourth-order valence-electron chi connectivity index (χ4n) is 5.11. The van der Waals surface area contributed by atoms with E-state index in [0.717, 1.165) is 24.0 Å². The molecule has 2 unspecified atom stereocenters. The number of rotatable bonds is 15. The number of unbranched alkanes of at least 4 members (excludes halogenated alkanes) is 1. The molecule has 4 aromatic rings. The SMILES string of the molecule is COc1ccc(S(=O)(=O)C(c2ccc(OCc3ccc(F)cc3)cc2)C(CCCCc2ccccc2)C(=O)NO)cc1OC. The number of sulfone groups is 1. The van der Waals surface area contributed by atoms with Crippen molar-refractivity contribution in [2.24, 2.45) is 5.92 Å². The van der Waals surface area contributed by atoms with Crippen molar-refractivity contribution >= 4 is 15.7 Å². The van der Waals surface area contributed by atoms with Crippen LogP contribution in [-0.4, -0.2) is 33.8 Å². The summed E-state index contributed by atoms with van der Waals surface area (Å²) in [5, 5.41) is 8.35. The van der Waals surface area contributed by atoms with Gasteiger partial charge in [0.15, 0.2) is 21.3 Å². The number of nitrogens with one attached hydrogen (secondary N) is 1. The summed E-state index contributed by atoms with van der Waals surface area (Å²) in [5.74, 6) is -1.21. The Hall–Kier alpha value is -4.41. The number of halogens is 1. The molecule has 4 rings (SSSR count). The lowest BCUT2D eigenvalue weighted by molar-refractivity contribution is -0.133. The van der Waals surface area contributed by atoms with Gasteiger partial charge in [-0.05, 0) is 72.4 Å². The molecule has 4 aromatic carbocycles. The number of carbonyl (C=O) groups is 1. The van der Waals surface area contributed by atoms with Gasteiger partial charge in [-0.1, -0.05) is 61.0 Å². The van der Waals surface area contributed by atoms with E-state index in [-0.39, 0.29) is 29.5 Å². The highest BCUT2D eigenvalue weighted by Crippen LogP contribution is 2.41. The van der Waals surface area contributed by atoms with E-state index < -0.39 is 26.9 Å². The summed E-state index contributed by atoms with van der Waals surface area (Å²) in [4.78, 5) is 13.1. The zero-order chi connectivity index (χ0) is 31.5. The van der Waals surface area contributed by atoms with Gasteiger partial charge in [-0.15, -0.1) is 0 Å². The second kappa shape index (κ2) is 15.4. The van der Waals surface area contributed by atoms with Crippen LogP contribution in [0.5, 0.6) is 17.2 Å². The number of ether oxygens (including phenoxy) is 3. The largest absolute Gasteiger partial charge is 0.493 e. The second-order valence-electron chi connectivity index (χ2n) is 10.3. The molecule has 2 N–H and O–H groups in total. The molecule has 2 atom stereocenters. The van der Waals surface area contributed by atoms with Crippen molar-refractivity contribution < 1.29 is 37.0 Å². The molecule has 10 heteroatoms. The average molecular weight is 622 g/mol. The number of hydroxylamine groups is 1. The molecule has 0 bridgehead atoms. The summed E-state index contributed by atoms with van der Waals surface area (Å²) < 4.78 is 58.3. The Bertz CT molecular complexity index is 1610. The van der Waals surface area contributed by atoms with Crippen molar-refractivity contribution in [3.05, 3.63) is 120 Å². The van der Waals surface area contributed by atoms with Crippen LogP contribution in [0.4, 0.5) is 4.39 Å². The van der Waals surface area contributed by atoms with Gasteiger partial charge < -0.3 is 14.2 Å². The van der Waals surface area contributed by atoms with Gasteiger partial charge in [0.25, 0.3) is 0 Å². The van der Waals surface area contributed by atoms with Gasteiger partial charge in [-0.3, -0.25) is 10.0 Å². The molecule has 0 heterocycles. The summed E-state index contributed by atoms with van der Waals surface area (Å²) >= 11 is 0. The fourth-order valence-corrected chi connectivity index (χ4v) is 7.14. The van der Waals surface area contributed by atoms with Crippen molar-refractivity contribution in [2.75, 3.05) is 14.2 Å². The molecule has 0 saturated carbocycles. The molecule has 0 fully saturated rings. The maximum atomic E-state index is 14.3. The van der Waals surface area contributed by atoms with E-state index in [1.807, 2.05) is 30.3 Å². The van der Waals surface area contributed by atoms with Gasteiger partial charge in [0.2, 0.25) is 5.91 Å². The molecule has 232 valence electrons. The molecule has 0 aliphatic carbocycles. The van der Waals surface area contributed by atoms with Gasteiger partial charge >= 0.3 is 0 Å². The molecule has 0 saturated heterocycles. The minimum Gasteiger partial charge on any atom is -0.493 e. The maximum absolute atomic E-state index is 14.3. The van der Waals surface area contributed by atoms with E-state index in [1.54, 1.807) is 41.9 Å². The summed E-state index contributed by atoms with van der Waals surface area (Å²) in [6.07, 6.45) is 2.24. The highest BCUT2D eigenvalue weighted by atomic mass is 32.2. The molecule has 8 nitrogen and oxygen atoms in total. The van der Waals surface area contributed by atoms with E-state index >= 15 is 0 Å². The molecule has 0 spiro atoms. The van der Waals surface area contributed by atoms with Crippen LogP contribution in [0.3, 0.4) is 0 Å². The lowest BCUT2D eigenvalue weighted by Crippen LogP contribution is -2.35. The van der Waals surface area contributed by atoms with E-state index in [0.29, 0.717) is 23.5 Å². The summed E-state index contributed by atoms with van der Waals surface area (Å²) in [6.45, 7) is 0.184. The Kier molecular flexibility index (Phi) is 11.3. The number of carbonyl (C=O) groups excluding carboxylic acids is 1. The van der Waals surface area contributed by atoms with Crippen LogP contribution < -0.4 is 19.7 Å². The van der Waals surface area contributed by atoms with Crippen molar-refractivity contribution in [2.45, 2.75) is 42.4 Å². The molecular weight excluding hydrogens is 585 g/mol. The smallest absolute Gasteiger partial charge is 0.248 e. The highest BCUT2D eigenvalue weighted by molar-refractivity contribution is 7.91. The Labute approximate surface area is 257 Å². The number of hydrogen-bond acceptors (Lipinski definition) is 7. The van der Waals surface area contributed by atoms with Gasteiger partial charge in [-0.25, -0.2) is 18.3 Å². The third kappa shape index (κ3) is 8.15. The monoisotopic (exact) mass is 621 g/mol. The van der Waals surface area contributed by atoms with Crippen molar-refractivity contribution in [3.63, 3.8) is 0 Å². The molecule has 0 aromatic heterocycles. The quantitative estimate of drug-likeness (QED) is 0.0889. The first-order chi connectivity index (χ1) is 21.3. The van der Waals surface area contributed by atoms with Crippen LogP contribution in [0.15, 0.2) is 102 Å². The molecule has 44 heavy (non-hydrogen) atoms. The zero-order valence-corrected chi connectivity index (χ0v) is 25.4. The van der Waals surface area contributed by atoms with Crippen LogP contribution in [-0.2, 0) is 27.7 Å². The van der Waals surface area contributed by atoms with Crippen LogP contribution in [0.1, 0.15) is 41.2 Å². The lowest BCUT2D eigenvalue weighted by Gasteiger charge is -2.27. The minimum absolute atomic E-state index is 0.0585. The average Bonchev–Trinajstić information content (AvgIpc) is 3.06. The van der Waals surface area contributed by atoms with E-state index in [2.05, 4.69) is 0 Å². The topological polar surface area (TPSA) is 111 Å². The molecule has 0 radical (unpaired) electrons. The third-order valence-electron chi connectivity index (χ3n) is 7.43. The first kappa shape index (κ1) is 32.5. The minimum atomic E-state index is -4.21. The van der Waals surface area contributed by atoms with Crippen LogP contribution in [0.2, 0.25) is 0 Å². The number of amides is 1. The Morgan fingerprint density at radius 3 is 2.16 bits per heavy atom. The summed E-state index contributed by atoms with van der Waals surface area (Å²) in [6, 6.07) is 26.5. The first-order valence-electron chi connectivity index (χ1n) is 14.2. The van der Waals surface area contributed by atoms with E-state index in [1.165, 1.54) is 44.6 Å². The van der Waals surface area contributed by atoms with Crippen LogP contribution in [0.25, 0.3) is 0 Å². The molecular formula is C34H36FNO7S. The molecule has 0 aliphatic rings. The lowest BCUT2D eigenvalue weighted by atomic mass is 9.92. The van der Waals surface area contributed by atoms with Crippen molar-refractivity contribution in [3.8, 4) is 17.2 Å².